The van der Waals surface area contributed by atoms with E-state index in [2.05, 4.69) is 11.6 Å². The number of rotatable bonds is 5. The van der Waals surface area contributed by atoms with Gasteiger partial charge in [-0.05, 0) is 36.8 Å². The molecule has 1 aromatic rings. The Bertz CT molecular complexity index is 536. The fourth-order valence-corrected chi connectivity index (χ4v) is 5.47. The molecule has 1 saturated carbocycles. The lowest BCUT2D eigenvalue weighted by atomic mass is 9.80. The van der Waals surface area contributed by atoms with E-state index in [9.17, 15) is 13.5 Å². The van der Waals surface area contributed by atoms with Gasteiger partial charge in [0.25, 0.3) is 0 Å². The van der Waals surface area contributed by atoms with E-state index < -0.39 is 16.1 Å². The second-order valence-corrected chi connectivity index (χ2v) is 9.14. The zero-order valence-electron chi connectivity index (χ0n) is 11.4. The van der Waals surface area contributed by atoms with E-state index in [1.807, 2.05) is 0 Å². The van der Waals surface area contributed by atoms with Crippen LogP contribution in [0.25, 0.3) is 0 Å². The van der Waals surface area contributed by atoms with Gasteiger partial charge in [0.05, 0.1) is 10.9 Å². The van der Waals surface area contributed by atoms with Gasteiger partial charge in [-0.3, -0.25) is 0 Å². The van der Waals surface area contributed by atoms with Crippen molar-refractivity contribution in [2.75, 3.05) is 6.61 Å². The summed E-state index contributed by atoms with van der Waals surface area (Å²) in [5.41, 5.74) is 0. The van der Waals surface area contributed by atoms with E-state index in [1.165, 1.54) is 6.07 Å². The second-order valence-electron chi connectivity index (χ2n) is 5.49. The van der Waals surface area contributed by atoms with Crippen molar-refractivity contribution in [3.63, 3.8) is 0 Å². The molecule has 114 valence electrons. The monoisotopic (exact) mass is 337 g/mol. The topological polar surface area (TPSA) is 66.4 Å². The maximum atomic E-state index is 12.3. The largest absolute Gasteiger partial charge is 0.395 e. The van der Waals surface area contributed by atoms with Crippen LogP contribution in [-0.4, -0.2) is 26.2 Å². The Morgan fingerprint density at radius 3 is 2.55 bits per heavy atom. The number of aliphatic hydroxyl groups is 1. The fraction of sp³-hybridized carbons (Fsp3) is 0.692. The van der Waals surface area contributed by atoms with Crippen molar-refractivity contribution in [3.05, 3.63) is 16.5 Å². The van der Waals surface area contributed by atoms with E-state index in [4.69, 9.17) is 11.6 Å². The van der Waals surface area contributed by atoms with Gasteiger partial charge in [0.15, 0.2) is 0 Å². The van der Waals surface area contributed by atoms with E-state index in [-0.39, 0.29) is 16.7 Å². The van der Waals surface area contributed by atoms with Crippen LogP contribution in [0.1, 0.15) is 32.6 Å². The predicted octanol–water partition coefficient (Wildman–Crippen LogP) is 2.87. The summed E-state index contributed by atoms with van der Waals surface area (Å²) < 4.78 is 27.8. The van der Waals surface area contributed by atoms with Gasteiger partial charge in [0.1, 0.15) is 4.21 Å². The van der Waals surface area contributed by atoms with Gasteiger partial charge in [-0.1, -0.05) is 31.4 Å². The molecule has 4 nitrogen and oxygen atoms in total. The van der Waals surface area contributed by atoms with Crippen LogP contribution in [0, 0.1) is 11.8 Å². The first-order valence-corrected chi connectivity index (χ1v) is 9.48. The van der Waals surface area contributed by atoms with Gasteiger partial charge in [-0.2, -0.15) is 0 Å². The number of nitrogens with one attached hydrogen (secondary N) is 1. The zero-order chi connectivity index (χ0) is 14.8. The fourth-order valence-electron chi connectivity index (χ4n) is 2.67. The van der Waals surface area contributed by atoms with Crippen LogP contribution in [-0.2, 0) is 10.0 Å². The number of hydrogen-bond donors (Lipinski definition) is 2. The summed E-state index contributed by atoms with van der Waals surface area (Å²) in [5, 5.41) is 9.51. The molecule has 0 amide bonds. The average molecular weight is 338 g/mol. The van der Waals surface area contributed by atoms with Gasteiger partial charge >= 0.3 is 0 Å². The summed E-state index contributed by atoms with van der Waals surface area (Å²) in [4.78, 5) is 0. The maximum Gasteiger partial charge on any atom is 0.250 e. The van der Waals surface area contributed by atoms with Crippen LogP contribution in [0.15, 0.2) is 16.3 Å². The first-order valence-electron chi connectivity index (χ1n) is 6.81. The van der Waals surface area contributed by atoms with E-state index in [0.29, 0.717) is 10.3 Å². The van der Waals surface area contributed by atoms with E-state index in [1.54, 1.807) is 6.07 Å². The molecule has 2 N–H and O–H groups in total. The highest BCUT2D eigenvalue weighted by atomic mass is 35.5. The van der Waals surface area contributed by atoms with E-state index >= 15 is 0 Å². The summed E-state index contributed by atoms with van der Waals surface area (Å²) in [6.45, 7) is 2.04. The molecule has 0 radical (unpaired) electrons. The maximum absolute atomic E-state index is 12.3. The van der Waals surface area contributed by atoms with Crippen LogP contribution in [0.3, 0.4) is 0 Å². The van der Waals surface area contributed by atoms with Crippen molar-refractivity contribution in [3.8, 4) is 0 Å². The molecule has 0 bridgehead atoms. The lowest BCUT2D eigenvalue weighted by Gasteiger charge is -2.31. The van der Waals surface area contributed by atoms with Crippen LogP contribution >= 0.6 is 22.9 Å². The third-order valence-corrected chi connectivity index (χ3v) is 7.16. The van der Waals surface area contributed by atoms with Crippen molar-refractivity contribution in [1.29, 1.82) is 0 Å². The molecule has 7 heteroatoms. The quantitative estimate of drug-likeness (QED) is 0.868. The van der Waals surface area contributed by atoms with Crippen molar-refractivity contribution >= 4 is 33.0 Å². The predicted molar refractivity (Wildman–Crippen MR) is 81.6 cm³/mol. The molecule has 1 fully saturated rings. The van der Waals surface area contributed by atoms with Crippen molar-refractivity contribution in [2.45, 2.75) is 42.9 Å². The summed E-state index contributed by atoms with van der Waals surface area (Å²) in [7, 11) is -3.59. The summed E-state index contributed by atoms with van der Waals surface area (Å²) >= 11 is 6.81. The van der Waals surface area contributed by atoms with Crippen molar-refractivity contribution in [2.24, 2.45) is 11.8 Å². The van der Waals surface area contributed by atoms with Gasteiger partial charge in [0.2, 0.25) is 10.0 Å². The Morgan fingerprint density at radius 1 is 1.40 bits per heavy atom. The number of sulfonamides is 1. The van der Waals surface area contributed by atoms with Gasteiger partial charge in [-0.25, -0.2) is 13.1 Å². The van der Waals surface area contributed by atoms with Gasteiger partial charge in [-0.15, -0.1) is 11.3 Å². The highest BCUT2D eigenvalue weighted by molar-refractivity contribution is 7.91. The molecule has 20 heavy (non-hydrogen) atoms. The Hall–Kier alpha value is -0.140. The molecule has 0 saturated heterocycles. The number of halogens is 1. The molecule has 1 aliphatic rings. The third-order valence-electron chi connectivity index (χ3n) is 3.95. The smallest absolute Gasteiger partial charge is 0.250 e. The minimum absolute atomic E-state index is 0.169. The number of aliphatic hydroxyl groups excluding tert-OH is 1. The van der Waals surface area contributed by atoms with E-state index in [0.717, 1.165) is 37.0 Å². The lowest BCUT2D eigenvalue weighted by Crippen LogP contribution is -2.43. The number of thiophene rings is 1. The molecule has 1 heterocycles. The second kappa shape index (κ2) is 6.75. The van der Waals surface area contributed by atoms with Crippen LogP contribution in [0.2, 0.25) is 4.34 Å². The third kappa shape index (κ3) is 3.95. The molecule has 0 aliphatic heterocycles. The lowest BCUT2D eigenvalue weighted by molar-refractivity contribution is 0.172. The first kappa shape index (κ1) is 16.2. The van der Waals surface area contributed by atoms with Crippen molar-refractivity contribution < 1.29 is 13.5 Å². The minimum Gasteiger partial charge on any atom is -0.395 e. The van der Waals surface area contributed by atoms with Crippen LogP contribution < -0.4 is 4.72 Å². The molecule has 1 aromatic heterocycles. The first-order chi connectivity index (χ1) is 9.42. The summed E-state index contributed by atoms with van der Waals surface area (Å²) in [5.74, 6) is 0.903. The van der Waals surface area contributed by atoms with Gasteiger partial charge < -0.3 is 5.11 Å². The molecule has 0 spiro atoms. The molecule has 0 aromatic carbocycles. The molecule has 2 rings (SSSR count). The Balaban J connectivity index is 2.06. The normalized spacial score (nSPS) is 25.6. The Kier molecular flexibility index (Phi) is 5.48. The summed E-state index contributed by atoms with van der Waals surface area (Å²) in [6.07, 6.45) is 4.10. The molecular formula is C13H20ClNO3S2. The minimum atomic E-state index is -3.59. The average Bonchev–Trinajstić information content (AvgIpc) is 2.85. The van der Waals surface area contributed by atoms with Crippen molar-refractivity contribution in [1.82, 2.24) is 4.72 Å². The van der Waals surface area contributed by atoms with Crippen LogP contribution in [0.5, 0.6) is 0 Å². The molecule has 1 unspecified atom stereocenters. The SMILES string of the molecule is CC1CCC(C(CO)NS(=O)(=O)c2ccc(Cl)s2)CC1. The Labute approximate surface area is 129 Å². The number of hydrogen-bond acceptors (Lipinski definition) is 4. The standard InChI is InChI=1S/C13H20ClNO3S2/c1-9-2-4-10(5-3-9)11(8-16)15-20(17,18)13-7-6-12(14)19-13/h6-7,9-11,15-16H,2-5,8H2,1H3. The molecular weight excluding hydrogens is 318 g/mol. The zero-order valence-corrected chi connectivity index (χ0v) is 13.8. The van der Waals surface area contributed by atoms with Gasteiger partial charge in [0, 0.05) is 6.04 Å². The summed E-state index contributed by atoms with van der Waals surface area (Å²) in [6, 6.07) is 2.65. The van der Waals surface area contributed by atoms with Crippen LogP contribution in [0.4, 0.5) is 0 Å². The molecule has 1 atom stereocenters. The highest BCUT2D eigenvalue weighted by Crippen LogP contribution is 2.31. The highest BCUT2D eigenvalue weighted by Gasteiger charge is 2.30. The molecule has 1 aliphatic carbocycles. The Morgan fingerprint density at radius 2 is 2.05 bits per heavy atom.